The van der Waals surface area contributed by atoms with Gasteiger partial charge >= 0.3 is 0 Å². The monoisotopic (exact) mass is 312 g/mol. The van der Waals surface area contributed by atoms with Crippen molar-refractivity contribution < 1.29 is 0 Å². The smallest absolute Gasteiger partial charge is 0.271 e. The molecule has 0 radical (unpaired) electrons. The summed E-state index contributed by atoms with van der Waals surface area (Å²) in [5.74, 6) is 0.577. The van der Waals surface area contributed by atoms with Crippen molar-refractivity contribution in [2.45, 2.75) is 33.7 Å². The highest BCUT2D eigenvalue weighted by Crippen LogP contribution is 2.32. The van der Waals surface area contributed by atoms with Crippen LogP contribution in [-0.4, -0.2) is 9.55 Å². The summed E-state index contributed by atoms with van der Waals surface area (Å²) >= 11 is 1.50. The van der Waals surface area contributed by atoms with Crippen LogP contribution >= 0.6 is 11.3 Å². The molecule has 3 aromatic rings. The molecular weight excluding hydrogens is 292 g/mol. The van der Waals surface area contributed by atoms with Crippen LogP contribution in [-0.2, 0) is 6.54 Å². The van der Waals surface area contributed by atoms with Gasteiger partial charge < -0.3 is 0 Å². The Morgan fingerprint density at radius 2 is 2.00 bits per heavy atom. The Labute approximate surface area is 134 Å². The number of hydrogen-bond donors (Lipinski definition) is 0. The lowest BCUT2D eigenvalue weighted by molar-refractivity contribution is 0.506. The van der Waals surface area contributed by atoms with Gasteiger partial charge in [0, 0.05) is 17.5 Å². The van der Waals surface area contributed by atoms with Crippen molar-refractivity contribution in [3.63, 3.8) is 0 Å². The molecular formula is C18H20N2OS. The van der Waals surface area contributed by atoms with Crippen molar-refractivity contribution in [1.82, 2.24) is 9.55 Å². The first kappa shape index (κ1) is 15.0. The van der Waals surface area contributed by atoms with Gasteiger partial charge in [-0.2, -0.15) is 0 Å². The molecule has 1 aromatic carbocycles. The molecule has 0 spiro atoms. The van der Waals surface area contributed by atoms with Crippen LogP contribution < -0.4 is 5.56 Å². The highest BCUT2D eigenvalue weighted by Gasteiger charge is 2.13. The molecule has 0 N–H and O–H groups in total. The number of thiophene rings is 1. The van der Waals surface area contributed by atoms with E-state index in [1.54, 1.807) is 10.9 Å². The lowest BCUT2D eigenvalue weighted by atomic mass is 10.0. The highest BCUT2D eigenvalue weighted by molar-refractivity contribution is 7.17. The summed E-state index contributed by atoms with van der Waals surface area (Å²) in [6, 6.07) is 8.22. The molecule has 3 nitrogen and oxygen atoms in total. The largest absolute Gasteiger partial charge is 0.298 e. The lowest BCUT2D eigenvalue weighted by Crippen LogP contribution is -2.20. The van der Waals surface area contributed by atoms with Crippen molar-refractivity contribution in [2.75, 3.05) is 0 Å². The van der Waals surface area contributed by atoms with Gasteiger partial charge in [0.25, 0.3) is 5.56 Å². The van der Waals surface area contributed by atoms with Crippen LogP contribution in [0.4, 0.5) is 0 Å². The molecule has 2 heterocycles. The van der Waals surface area contributed by atoms with Crippen LogP contribution in [0.3, 0.4) is 0 Å². The molecule has 0 amide bonds. The Bertz CT molecular complexity index is 861. The maximum atomic E-state index is 12.6. The molecule has 114 valence electrons. The van der Waals surface area contributed by atoms with E-state index < -0.39 is 0 Å². The number of hydrogen-bond acceptors (Lipinski definition) is 3. The molecule has 22 heavy (non-hydrogen) atoms. The Hall–Kier alpha value is -1.94. The third-order valence-corrected chi connectivity index (χ3v) is 4.89. The lowest BCUT2D eigenvalue weighted by Gasteiger charge is -2.08. The van der Waals surface area contributed by atoms with Gasteiger partial charge in [-0.3, -0.25) is 9.36 Å². The third kappa shape index (κ3) is 2.71. The zero-order valence-corrected chi connectivity index (χ0v) is 14.0. The van der Waals surface area contributed by atoms with Crippen molar-refractivity contribution in [3.05, 3.63) is 51.9 Å². The summed E-state index contributed by atoms with van der Waals surface area (Å²) in [5.41, 5.74) is 4.32. The van der Waals surface area contributed by atoms with Crippen LogP contribution in [0.1, 0.15) is 25.8 Å². The second-order valence-electron chi connectivity index (χ2n) is 6.07. The van der Waals surface area contributed by atoms with Crippen molar-refractivity contribution in [3.8, 4) is 11.1 Å². The SMILES string of the molecule is Cc1ccccc1-c1csc2c(=O)n(CCC(C)C)cnc12. The van der Waals surface area contributed by atoms with Gasteiger partial charge in [-0.1, -0.05) is 38.1 Å². The van der Waals surface area contributed by atoms with E-state index in [9.17, 15) is 4.79 Å². The van der Waals surface area contributed by atoms with Crippen LogP contribution in [0.5, 0.6) is 0 Å². The predicted octanol–water partition coefficient (Wildman–Crippen LogP) is 4.48. The van der Waals surface area contributed by atoms with E-state index in [2.05, 4.69) is 37.9 Å². The Kier molecular flexibility index (Phi) is 4.12. The fourth-order valence-electron chi connectivity index (χ4n) is 2.56. The Balaban J connectivity index is 2.08. The zero-order chi connectivity index (χ0) is 15.7. The second kappa shape index (κ2) is 6.05. The number of nitrogens with zero attached hydrogens (tertiary/aromatic N) is 2. The summed E-state index contributed by atoms with van der Waals surface area (Å²) in [4.78, 5) is 17.2. The summed E-state index contributed by atoms with van der Waals surface area (Å²) in [7, 11) is 0. The summed E-state index contributed by atoms with van der Waals surface area (Å²) in [6.07, 6.45) is 2.69. The average molecular weight is 312 g/mol. The molecule has 0 fully saturated rings. The predicted molar refractivity (Wildman–Crippen MR) is 93.5 cm³/mol. The quantitative estimate of drug-likeness (QED) is 0.712. The van der Waals surface area contributed by atoms with E-state index in [0.29, 0.717) is 5.92 Å². The van der Waals surface area contributed by atoms with Gasteiger partial charge in [0.15, 0.2) is 0 Å². The highest BCUT2D eigenvalue weighted by atomic mass is 32.1. The first-order valence-electron chi connectivity index (χ1n) is 7.60. The van der Waals surface area contributed by atoms with Gasteiger partial charge in [-0.15, -0.1) is 11.3 Å². The third-order valence-electron chi connectivity index (χ3n) is 3.93. The first-order valence-corrected chi connectivity index (χ1v) is 8.48. The van der Waals surface area contributed by atoms with E-state index in [1.165, 1.54) is 16.9 Å². The molecule has 0 saturated carbocycles. The van der Waals surface area contributed by atoms with Crippen molar-refractivity contribution >= 4 is 21.6 Å². The van der Waals surface area contributed by atoms with E-state index in [4.69, 9.17) is 0 Å². The van der Waals surface area contributed by atoms with Crippen molar-refractivity contribution in [1.29, 1.82) is 0 Å². The molecule has 4 heteroatoms. The number of aryl methyl sites for hydroxylation is 2. The van der Waals surface area contributed by atoms with Crippen LogP contribution in [0, 0.1) is 12.8 Å². The van der Waals surface area contributed by atoms with Gasteiger partial charge in [-0.25, -0.2) is 4.98 Å². The minimum absolute atomic E-state index is 0.0792. The molecule has 0 bridgehead atoms. The zero-order valence-electron chi connectivity index (χ0n) is 13.2. The van der Waals surface area contributed by atoms with Gasteiger partial charge in [-0.05, 0) is 30.4 Å². The van der Waals surface area contributed by atoms with E-state index >= 15 is 0 Å². The summed E-state index contributed by atoms with van der Waals surface area (Å²) < 4.78 is 2.49. The maximum absolute atomic E-state index is 12.6. The van der Waals surface area contributed by atoms with Crippen molar-refractivity contribution in [2.24, 2.45) is 5.92 Å². The maximum Gasteiger partial charge on any atom is 0.271 e. The standard InChI is InChI=1S/C18H20N2OS/c1-12(2)8-9-20-11-19-16-15(10-22-17(16)18(20)21)14-7-5-4-6-13(14)3/h4-7,10-12H,8-9H2,1-3H3. The molecule has 3 rings (SSSR count). The molecule has 0 saturated heterocycles. The molecule has 2 aromatic heterocycles. The molecule has 0 aliphatic carbocycles. The topological polar surface area (TPSA) is 34.9 Å². The Morgan fingerprint density at radius 1 is 1.23 bits per heavy atom. The van der Waals surface area contributed by atoms with Gasteiger partial charge in [0.05, 0.1) is 11.8 Å². The summed E-state index contributed by atoms with van der Waals surface area (Å²) in [6.45, 7) is 7.15. The molecule has 0 aliphatic rings. The second-order valence-corrected chi connectivity index (χ2v) is 6.95. The number of aromatic nitrogens is 2. The van der Waals surface area contributed by atoms with Crippen LogP contribution in [0.25, 0.3) is 21.3 Å². The van der Waals surface area contributed by atoms with Gasteiger partial charge in [0.2, 0.25) is 0 Å². The fourth-order valence-corrected chi connectivity index (χ4v) is 3.53. The van der Waals surface area contributed by atoms with Crippen LogP contribution in [0.15, 0.2) is 40.8 Å². The summed E-state index contributed by atoms with van der Waals surface area (Å²) in [5, 5.41) is 2.05. The van der Waals surface area contributed by atoms with Gasteiger partial charge in [0.1, 0.15) is 4.70 Å². The fraction of sp³-hybridized carbons (Fsp3) is 0.333. The molecule has 0 unspecified atom stereocenters. The number of fused-ring (bicyclic) bond motifs is 1. The normalized spacial score (nSPS) is 11.5. The number of benzene rings is 1. The first-order chi connectivity index (χ1) is 10.6. The number of rotatable bonds is 4. The minimum Gasteiger partial charge on any atom is -0.298 e. The molecule has 0 aliphatic heterocycles. The van der Waals surface area contributed by atoms with Crippen LogP contribution in [0.2, 0.25) is 0 Å². The van der Waals surface area contributed by atoms with E-state index in [0.717, 1.165) is 34.3 Å². The van der Waals surface area contributed by atoms with E-state index in [1.807, 2.05) is 17.5 Å². The average Bonchev–Trinajstić information content (AvgIpc) is 2.91. The molecule has 0 atom stereocenters. The van der Waals surface area contributed by atoms with E-state index in [-0.39, 0.29) is 5.56 Å². The minimum atomic E-state index is 0.0792. The Morgan fingerprint density at radius 3 is 2.73 bits per heavy atom.